The normalized spacial score (nSPS) is 7.38. The van der Waals surface area contributed by atoms with E-state index in [1.165, 1.54) is 0 Å². The maximum absolute atomic E-state index is 8.88. The van der Waals surface area contributed by atoms with Gasteiger partial charge in [-0.25, -0.2) is 4.57 Å². The average Bonchev–Trinajstić information content (AvgIpc) is 0.722. The summed E-state index contributed by atoms with van der Waals surface area (Å²) in [5, 5.41) is 0. The first-order valence-corrected chi connectivity index (χ1v) is 2.35. The third kappa shape index (κ3) is 68.3. The van der Waals surface area contributed by atoms with Crippen LogP contribution >= 0.6 is 7.82 Å². The van der Waals surface area contributed by atoms with Gasteiger partial charge >= 0.3 is 75.6 Å². The van der Waals surface area contributed by atoms with Gasteiger partial charge in [0.05, 0.1) is 0 Å². The van der Waals surface area contributed by atoms with Crippen LogP contribution in [0.2, 0.25) is 0 Å². The van der Waals surface area contributed by atoms with Crippen LogP contribution in [0.15, 0.2) is 0 Å². The molecule has 0 fully saturated rings. The Morgan fingerprint density at radius 2 is 1.12 bits per heavy atom. The quantitative estimate of drug-likeness (QED) is 0.342. The summed E-state index contributed by atoms with van der Waals surface area (Å²) in [4.78, 5) is 21.6. The predicted molar refractivity (Wildman–Crippen MR) is 30.0 cm³/mol. The van der Waals surface area contributed by atoms with Crippen molar-refractivity contribution in [2.24, 2.45) is 0 Å². The van der Waals surface area contributed by atoms with Gasteiger partial charge in [-0.2, -0.15) is 0 Å². The van der Waals surface area contributed by atoms with E-state index in [9.17, 15) is 0 Å². The molecule has 0 spiro atoms. The van der Waals surface area contributed by atoms with Crippen LogP contribution in [0.1, 0.15) is 0 Å². The SMILES string of the molecule is O=P(O)(O)O.[BaH2].[Fe].[LiH]. The van der Waals surface area contributed by atoms with Crippen LogP contribution in [0.5, 0.6) is 0 Å². The first-order valence-electron chi connectivity index (χ1n) is 0.783. The fraction of sp³-hybridized carbons (Fsp3) is 0. The molecule has 0 aliphatic heterocycles. The van der Waals surface area contributed by atoms with Crippen LogP contribution in [0, 0.1) is 0 Å². The summed E-state index contributed by atoms with van der Waals surface area (Å²) < 4.78 is 8.88. The molecule has 4 nitrogen and oxygen atoms in total. The van der Waals surface area contributed by atoms with E-state index in [0.717, 1.165) is 0 Å². The second-order valence-corrected chi connectivity index (χ2v) is 1.54. The standard InChI is InChI=1S/Ba.Fe.Li.H3O4P.3H/c;;;1-5(2,3)4;;;/h;;;(H3,1,2,3,4);;;. The molecule has 0 amide bonds. The Balaban J connectivity index is -0.0000000267. The summed E-state index contributed by atoms with van der Waals surface area (Å²) in [7, 11) is -4.64. The summed E-state index contributed by atoms with van der Waals surface area (Å²) in [5.74, 6) is 0. The second kappa shape index (κ2) is 9.80. The van der Waals surface area contributed by atoms with Gasteiger partial charge in [0.1, 0.15) is 0 Å². The third-order valence-electron chi connectivity index (χ3n) is 0. The van der Waals surface area contributed by atoms with E-state index in [-0.39, 0.29) is 84.8 Å². The van der Waals surface area contributed by atoms with Gasteiger partial charge in [-0.15, -0.1) is 0 Å². The molecule has 0 aliphatic rings. The van der Waals surface area contributed by atoms with Crippen LogP contribution in [0.4, 0.5) is 0 Å². The van der Waals surface area contributed by atoms with Crippen molar-refractivity contribution in [3.05, 3.63) is 0 Å². The molecule has 0 rings (SSSR count). The van der Waals surface area contributed by atoms with Gasteiger partial charge in [-0.3, -0.25) is 0 Å². The molecular formula is H6BaFeLiO4P. The van der Waals surface area contributed by atoms with E-state index in [2.05, 4.69) is 0 Å². The zero-order chi connectivity index (χ0) is 4.50. The van der Waals surface area contributed by atoms with Crippen LogP contribution in [-0.2, 0) is 21.6 Å². The van der Waals surface area contributed by atoms with Gasteiger partial charge in [0.25, 0.3) is 0 Å². The summed E-state index contributed by atoms with van der Waals surface area (Å²) in [5.41, 5.74) is 0. The molecule has 3 N–H and O–H groups in total. The summed E-state index contributed by atoms with van der Waals surface area (Å²) in [6.07, 6.45) is 0. The van der Waals surface area contributed by atoms with E-state index in [4.69, 9.17) is 19.2 Å². The Hall–Kier alpha value is 2.80. The van der Waals surface area contributed by atoms with Crippen molar-refractivity contribution in [1.82, 2.24) is 0 Å². The molecule has 0 aromatic heterocycles. The Morgan fingerprint density at radius 1 is 1.12 bits per heavy atom. The first-order chi connectivity index (χ1) is 2.00. The third-order valence-corrected chi connectivity index (χ3v) is 0. The molecule has 0 bridgehead atoms. The molecule has 46 valence electrons. The molecule has 8 heavy (non-hydrogen) atoms. The number of hydrogen-bond acceptors (Lipinski definition) is 1. The summed E-state index contributed by atoms with van der Waals surface area (Å²) in [6, 6.07) is 0. The van der Waals surface area contributed by atoms with Crippen molar-refractivity contribution in [2.45, 2.75) is 0 Å². The van der Waals surface area contributed by atoms with Gasteiger partial charge in [-0.05, 0) is 0 Å². The van der Waals surface area contributed by atoms with Crippen molar-refractivity contribution in [3.63, 3.8) is 0 Å². The fourth-order valence-corrected chi connectivity index (χ4v) is 0. The van der Waals surface area contributed by atoms with Crippen LogP contribution < -0.4 is 0 Å². The molecular weight excluding hydrogens is 295 g/mol. The molecule has 0 radical (unpaired) electrons. The van der Waals surface area contributed by atoms with Gasteiger partial charge in [0.2, 0.25) is 0 Å². The monoisotopic (exact) mass is 302 g/mol. The van der Waals surface area contributed by atoms with E-state index in [1.807, 2.05) is 0 Å². The molecule has 0 saturated carbocycles. The van der Waals surface area contributed by atoms with Crippen molar-refractivity contribution in [3.8, 4) is 0 Å². The van der Waals surface area contributed by atoms with Gasteiger partial charge < -0.3 is 14.7 Å². The van der Waals surface area contributed by atoms with Crippen molar-refractivity contribution < 1.29 is 36.3 Å². The molecule has 0 atom stereocenters. The average molecular weight is 301 g/mol. The Morgan fingerprint density at radius 3 is 1.12 bits per heavy atom. The van der Waals surface area contributed by atoms with E-state index in [1.54, 1.807) is 0 Å². The van der Waals surface area contributed by atoms with Crippen LogP contribution in [0.3, 0.4) is 0 Å². The van der Waals surface area contributed by atoms with E-state index >= 15 is 0 Å². The van der Waals surface area contributed by atoms with Crippen molar-refractivity contribution in [1.29, 1.82) is 0 Å². The maximum atomic E-state index is 8.88. The number of hydrogen-bond donors (Lipinski definition) is 3. The van der Waals surface area contributed by atoms with Gasteiger partial charge in [-0.1, -0.05) is 0 Å². The topological polar surface area (TPSA) is 77.8 Å². The first kappa shape index (κ1) is 22.4. The summed E-state index contributed by atoms with van der Waals surface area (Å²) in [6.45, 7) is 0. The Labute approximate surface area is 110 Å². The second-order valence-electron chi connectivity index (χ2n) is 0.513. The number of rotatable bonds is 0. The molecule has 0 unspecified atom stereocenters. The zero-order valence-corrected chi connectivity index (χ0v) is 4.55. The Bertz CT molecular complexity index is 62.2. The fourth-order valence-electron chi connectivity index (χ4n) is 0. The predicted octanol–water partition coefficient (Wildman–Crippen LogP) is -2.50. The minimum absolute atomic E-state index is 0. The van der Waals surface area contributed by atoms with Gasteiger partial charge in [0.15, 0.2) is 0 Å². The van der Waals surface area contributed by atoms with Crippen molar-refractivity contribution >= 4 is 75.6 Å². The van der Waals surface area contributed by atoms with Gasteiger partial charge in [0, 0.05) is 17.1 Å². The molecule has 0 saturated heterocycles. The van der Waals surface area contributed by atoms with Crippen LogP contribution in [-0.4, -0.2) is 82.4 Å². The Kier molecular flexibility index (Phi) is 27.5. The number of phosphoric acid groups is 1. The molecule has 0 aliphatic carbocycles. The molecule has 0 aromatic rings. The zero-order valence-electron chi connectivity index (χ0n) is 2.55. The molecule has 0 heterocycles. The van der Waals surface area contributed by atoms with Crippen molar-refractivity contribution in [2.75, 3.05) is 0 Å². The van der Waals surface area contributed by atoms with Crippen LogP contribution in [0.25, 0.3) is 0 Å². The van der Waals surface area contributed by atoms with E-state index < -0.39 is 7.82 Å². The van der Waals surface area contributed by atoms with E-state index in [0.29, 0.717) is 0 Å². The minimum atomic E-state index is -4.64. The summed E-state index contributed by atoms with van der Waals surface area (Å²) >= 11 is 0. The molecule has 8 heteroatoms. The molecule has 0 aromatic carbocycles.